The number of ether oxygens (including phenoxy) is 2. The van der Waals surface area contributed by atoms with Crippen molar-refractivity contribution in [2.24, 2.45) is 5.92 Å². The molecule has 0 radical (unpaired) electrons. The van der Waals surface area contributed by atoms with E-state index in [0.29, 0.717) is 17.6 Å². The largest absolute Gasteiger partial charge is 0.414 e. The first-order valence-corrected chi connectivity index (χ1v) is 8.95. The molecular formula is C11H22O3Si. The predicted molar refractivity (Wildman–Crippen MR) is 61.5 cm³/mol. The minimum atomic E-state index is -1.53. The van der Waals surface area contributed by atoms with Gasteiger partial charge in [-0.1, -0.05) is 6.92 Å². The van der Waals surface area contributed by atoms with Gasteiger partial charge >= 0.3 is 0 Å². The highest BCUT2D eigenvalue weighted by atomic mass is 28.4. The van der Waals surface area contributed by atoms with Gasteiger partial charge in [0.25, 0.3) is 0 Å². The Hall–Kier alpha value is 0.0969. The van der Waals surface area contributed by atoms with Crippen LogP contribution in [0.25, 0.3) is 0 Å². The molecule has 15 heavy (non-hydrogen) atoms. The molecule has 0 amide bonds. The summed E-state index contributed by atoms with van der Waals surface area (Å²) in [5, 5.41) is 0. The van der Waals surface area contributed by atoms with E-state index in [1.165, 1.54) is 0 Å². The molecule has 0 aliphatic carbocycles. The zero-order chi connectivity index (χ0) is 10.9. The summed E-state index contributed by atoms with van der Waals surface area (Å²) in [6.07, 6.45) is 1.53. The standard InChI is InChI=1S/C11H22O3Si/c1-4-11(9-5-12-6-9)14-15(2,3)10-7-13-8-10/h9-11H,4-8H2,1-3H3. The Kier molecular flexibility index (Phi) is 3.50. The minimum Gasteiger partial charge on any atom is -0.414 e. The van der Waals surface area contributed by atoms with Gasteiger partial charge < -0.3 is 13.9 Å². The monoisotopic (exact) mass is 230 g/mol. The van der Waals surface area contributed by atoms with E-state index < -0.39 is 8.32 Å². The third-order valence-corrected chi connectivity index (χ3v) is 6.88. The fraction of sp³-hybridized carbons (Fsp3) is 1.00. The Morgan fingerprint density at radius 1 is 1.20 bits per heavy atom. The van der Waals surface area contributed by atoms with Crippen LogP contribution in [0.15, 0.2) is 0 Å². The van der Waals surface area contributed by atoms with Gasteiger partial charge in [-0.2, -0.15) is 0 Å². The maximum atomic E-state index is 6.37. The van der Waals surface area contributed by atoms with E-state index in [9.17, 15) is 0 Å². The van der Waals surface area contributed by atoms with Gasteiger partial charge in [0.05, 0.1) is 32.5 Å². The van der Waals surface area contributed by atoms with Crippen molar-refractivity contribution in [2.75, 3.05) is 26.4 Å². The quantitative estimate of drug-likeness (QED) is 0.676. The van der Waals surface area contributed by atoms with Gasteiger partial charge in [-0.3, -0.25) is 0 Å². The van der Waals surface area contributed by atoms with Gasteiger partial charge in [-0.25, -0.2) is 0 Å². The normalized spacial score (nSPS) is 25.8. The van der Waals surface area contributed by atoms with Crippen molar-refractivity contribution >= 4 is 8.32 Å². The molecule has 1 atom stereocenters. The highest BCUT2D eigenvalue weighted by Crippen LogP contribution is 2.33. The van der Waals surface area contributed by atoms with Gasteiger partial charge in [0.2, 0.25) is 0 Å². The zero-order valence-corrected chi connectivity index (χ0v) is 11.0. The van der Waals surface area contributed by atoms with E-state index >= 15 is 0 Å². The first-order valence-electron chi connectivity index (χ1n) is 5.96. The molecule has 3 nitrogen and oxygen atoms in total. The first-order chi connectivity index (χ1) is 7.13. The molecular weight excluding hydrogens is 208 g/mol. The lowest BCUT2D eigenvalue weighted by Gasteiger charge is -2.43. The van der Waals surface area contributed by atoms with Crippen LogP contribution in [-0.2, 0) is 13.9 Å². The van der Waals surface area contributed by atoms with Crippen LogP contribution in [-0.4, -0.2) is 40.8 Å². The van der Waals surface area contributed by atoms with Crippen LogP contribution in [0, 0.1) is 5.92 Å². The highest BCUT2D eigenvalue weighted by Gasteiger charge is 2.42. The van der Waals surface area contributed by atoms with Gasteiger partial charge in [0.15, 0.2) is 8.32 Å². The summed E-state index contributed by atoms with van der Waals surface area (Å²) in [5.41, 5.74) is 0.701. The Morgan fingerprint density at radius 3 is 2.13 bits per heavy atom. The Morgan fingerprint density at radius 2 is 1.80 bits per heavy atom. The van der Waals surface area contributed by atoms with Crippen molar-refractivity contribution in [3.05, 3.63) is 0 Å². The molecule has 2 heterocycles. The Balaban J connectivity index is 1.86. The zero-order valence-electron chi connectivity index (χ0n) is 9.99. The van der Waals surface area contributed by atoms with Crippen molar-refractivity contribution in [3.63, 3.8) is 0 Å². The maximum Gasteiger partial charge on any atom is 0.194 e. The number of rotatable bonds is 5. The second-order valence-corrected chi connectivity index (χ2v) is 9.46. The molecule has 0 saturated carbocycles. The van der Waals surface area contributed by atoms with Crippen molar-refractivity contribution < 1.29 is 13.9 Å². The van der Waals surface area contributed by atoms with E-state index in [2.05, 4.69) is 20.0 Å². The van der Waals surface area contributed by atoms with Gasteiger partial charge in [-0.05, 0) is 19.5 Å². The summed E-state index contributed by atoms with van der Waals surface area (Å²) in [6.45, 7) is 10.5. The summed E-state index contributed by atoms with van der Waals surface area (Å²) in [4.78, 5) is 0. The Labute approximate surface area is 93.2 Å². The van der Waals surface area contributed by atoms with Gasteiger partial charge in [0.1, 0.15) is 0 Å². The van der Waals surface area contributed by atoms with Gasteiger partial charge in [-0.15, -0.1) is 0 Å². The molecule has 2 aliphatic heterocycles. The third kappa shape index (κ3) is 2.44. The molecule has 0 spiro atoms. The van der Waals surface area contributed by atoms with Crippen LogP contribution >= 0.6 is 0 Å². The van der Waals surface area contributed by atoms with Crippen molar-refractivity contribution in [3.8, 4) is 0 Å². The van der Waals surface area contributed by atoms with Crippen molar-refractivity contribution in [1.29, 1.82) is 0 Å². The number of hydrogen-bond donors (Lipinski definition) is 0. The maximum absolute atomic E-state index is 6.37. The Bertz CT molecular complexity index is 212. The van der Waals surface area contributed by atoms with Crippen LogP contribution in [0.4, 0.5) is 0 Å². The molecule has 1 unspecified atom stereocenters. The molecule has 0 aromatic carbocycles. The van der Waals surface area contributed by atoms with Crippen molar-refractivity contribution in [1.82, 2.24) is 0 Å². The lowest BCUT2D eigenvalue weighted by molar-refractivity contribution is -0.0889. The van der Waals surface area contributed by atoms with Gasteiger partial charge in [0, 0.05) is 11.5 Å². The van der Waals surface area contributed by atoms with E-state index in [0.717, 1.165) is 32.8 Å². The molecule has 2 saturated heterocycles. The fourth-order valence-electron chi connectivity index (χ4n) is 2.10. The average Bonchev–Trinajstić information content (AvgIpc) is 1.94. The SMILES string of the molecule is CCC(O[Si](C)(C)C1COC1)C1COC1. The highest BCUT2D eigenvalue weighted by molar-refractivity contribution is 6.73. The molecule has 2 fully saturated rings. The molecule has 2 rings (SSSR count). The van der Waals surface area contributed by atoms with Crippen LogP contribution in [0.1, 0.15) is 13.3 Å². The van der Waals surface area contributed by atoms with Crippen LogP contribution in [0.5, 0.6) is 0 Å². The van der Waals surface area contributed by atoms with E-state index in [-0.39, 0.29) is 0 Å². The summed E-state index contributed by atoms with van der Waals surface area (Å²) in [5.74, 6) is 0.641. The first kappa shape index (κ1) is 11.6. The molecule has 0 aromatic rings. The van der Waals surface area contributed by atoms with E-state index in [4.69, 9.17) is 13.9 Å². The second-order valence-electron chi connectivity index (χ2n) is 5.20. The third-order valence-electron chi connectivity index (χ3n) is 3.67. The molecule has 4 heteroatoms. The molecule has 0 aromatic heterocycles. The summed E-state index contributed by atoms with van der Waals surface area (Å²) < 4.78 is 16.9. The van der Waals surface area contributed by atoms with Crippen LogP contribution in [0.3, 0.4) is 0 Å². The number of hydrogen-bond acceptors (Lipinski definition) is 3. The summed E-state index contributed by atoms with van der Waals surface area (Å²) >= 11 is 0. The van der Waals surface area contributed by atoms with Crippen molar-refractivity contribution in [2.45, 2.75) is 38.1 Å². The topological polar surface area (TPSA) is 27.7 Å². The smallest absolute Gasteiger partial charge is 0.194 e. The second kappa shape index (κ2) is 4.53. The molecule has 2 aliphatic rings. The molecule has 88 valence electrons. The van der Waals surface area contributed by atoms with Crippen LogP contribution in [0.2, 0.25) is 18.6 Å². The molecule has 0 N–H and O–H groups in total. The minimum absolute atomic E-state index is 0.418. The lowest BCUT2D eigenvalue weighted by Crippen LogP contribution is -2.51. The van der Waals surface area contributed by atoms with E-state index in [1.54, 1.807) is 0 Å². The predicted octanol–water partition coefficient (Wildman–Crippen LogP) is 2.03. The lowest BCUT2D eigenvalue weighted by atomic mass is 9.99. The van der Waals surface area contributed by atoms with Crippen LogP contribution < -0.4 is 0 Å². The fourth-order valence-corrected chi connectivity index (χ4v) is 4.48. The molecule has 0 bridgehead atoms. The summed E-state index contributed by atoms with van der Waals surface area (Å²) in [7, 11) is -1.53. The summed E-state index contributed by atoms with van der Waals surface area (Å²) in [6, 6.07) is 0. The van der Waals surface area contributed by atoms with E-state index in [1.807, 2.05) is 0 Å². The average molecular weight is 230 g/mol.